The molecule has 3 saturated heterocycles. The van der Waals surface area contributed by atoms with Crippen LogP contribution in [0.5, 0.6) is 0 Å². The van der Waals surface area contributed by atoms with E-state index in [1.54, 1.807) is 4.79 Å². The zero-order valence-corrected chi connectivity index (χ0v) is 21.3. The Morgan fingerprint density at radius 3 is 1.72 bits per heavy atom. The van der Waals surface area contributed by atoms with Gasteiger partial charge in [-0.3, -0.25) is 0 Å². The summed E-state index contributed by atoms with van der Waals surface area (Å²) in [6, 6.07) is 7.92. The molecule has 0 radical (unpaired) electrons. The fourth-order valence-electron chi connectivity index (χ4n) is 4.42. The normalized spacial score (nSPS) is 22.4. The molecule has 4 heterocycles. The Morgan fingerprint density at radius 1 is 0.778 bits per heavy atom. The molecule has 0 aliphatic carbocycles. The van der Waals surface area contributed by atoms with Gasteiger partial charge in [0, 0.05) is 39.3 Å². The third-order valence-corrected chi connectivity index (χ3v) is 7.94. The third kappa shape index (κ3) is 8.06. The Bertz CT molecular complexity index is 996. The Morgan fingerprint density at radius 2 is 1.22 bits per heavy atom. The molecule has 1 aromatic carbocycles. The van der Waals surface area contributed by atoms with E-state index in [1.165, 1.54) is 0 Å². The number of hydrogen-bond acceptors (Lipinski definition) is 9. The molecule has 5 rings (SSSR count). The molecule has 3 N–H and O–H groups in total. The second kappa shape index (κ2) is 9.73. The van der Waals surface area contributed by atoms with Crippen LogP contribution in [0.15, 0.2) is 24.3 Å². The minimum absolute atomic E-state index is 0.825. The van der Waals surface area contributed by atoms with E-state index in [9.17, 15) is 30.1 Å². The summed E-state index contributed by atoms with van der Waals surface area (Å²) in [6.07, 6.45) is 6.80. The summed E-state index contributed by atoms with van der Waals surface area (Å²) in [4.78, 5) is 15.9. The van der Waals surface area contributed by atoms with Crippen molar-refractivity contribution < 1.29 is 30.1 Å². The molecule has 10 nitrogen and oxygen atoms in total. The molecule has 1 aromatic heterocycles. The number of hydrogen-bond donors (Lipinski definition) is 3. The number of para-hydroxylation sites is 1. The second-order valence-electron chi connectivity index (χ2n) is 9.04. The third-order valence-electron chi connectivity index (χ3n) is 5.87. The number of benzene rings is 1. The fraction of sp³-hybridized carbons (Fsp3) is 0.667. The van der Waals surface area contributed by atoms with Crippen molar-refractivity contribution in [1.29, 1.82) is 0 Å². The molecule has 36 heavy (non-hydrogen) atoms. The van der Waals surface area contributed by atoms with Gasteiger partial charge in [0.2, 0.25) is 0 Å². The van der Waals surface area contributed by atoms with Crippen molar-refractivity contribution in [2.45, 2.75) is 38.5 Å². The van der Waals surface area contributed by atoms with E-state index in [1.807, 2.05) is 29.2 Å². The van der Waals surface area contributed by atoms with Gasteiger partial charge in [-0.2, -0.15) is 9.90 Å². The molecular formula is C18H31F6N9OP2. The van der Waals surface area contributed by atoms with E-state index in [0.29, 0.717) is 0 Å². The van der Waals surface area contributed by atoms with Crippen LogP contribution >= 0.6 is 15.8 Å². The van der Waals surface area contributed by atoms with Crippen molar-refractivity contribution in [1.82, 2.24) is 40.5 Å². The summed E-state index contributed by atoms with van der Waals surface area (Å²) in [6.45, 7) is 5.54. The Kier molecular flexibility index (Phi) is 7.48. The van der Waals surface area contributed by atoms with E-state index in [-0.39, 0.29) is 0 Å². The van der Waals surface area contributed by atoms with E-state index in [2.05, 4.69) is 35.7 Å². The van der Waals surface area contributed by atoms with Crippen LogP contribution in [0.2, 0.25) is 0 Å². The molecule has 0 bridgehead atoms. The minimum Gasteiger partial charge on any atom is -0.207 e. The first-order chi connectivity index (χ1) is 16.7. The molecule has 2 aromatic rings. The minimum atomic E-state index is -10.7. The van der Waals surface area contributed by atoms with E-state index >= 15 is 0 Å². The quantitative estimate of drug-likeness (QED) is 0.329. The maximum absolute atomic E-state index is 12.2. The van der Waals surface area contributed by atoms with Gasteiger partial charge in [0.05, 0.1) is 0 Å². The van der Waals surface area contributed by atoms with Crippen molar-refractivity contribution in [2.24, 2.45) is 0 Å². The number of aromatic nitrogens is 3. The van der Waals surface area contributed by atoms with Crippen LogP contribution in [0.25, 0.3) is 11.0 Å². The summed E-state index contributed by atoms with van der Waals surface area (Å²) in [5, 5.41) is 22.3. The van der Waals surface area contributed by atoms with Crippen molar-refractivity contribution >= 4 is 26.8 Å². The van der Waals surface area contributed by atoms with Gasteiger partial charge < -0.3 is 0 Å². The zero-order chi connectivity index (χ0) is 26.1. The molecule has 0 atom stereocenters. The van der Waals surface area contributed by atoms with Crippen molar-refractivity contribution in [2.75, 3.05) is 44.2 Å². The molecular weight excluding hydrogens is 534 g/mol. The monoisotopic (exact) mass is 565 g/mol. The van der Waals surface area contributed by atoms with Gasteiger partial charge >= 0.3 is 40.9 Å². The summed E-state index contributed by atoms with van der Waals surface area (Å²) < 4.78 is 59.2. The summed E-state index contributed by atoms with van der Waals surface area (Å²) in [5.74, 6) is 0. The van der Waals surface area contributed by atoms with Crippen LogP contribution in [0.1, 0.15) is 38.5 Å². The van der Waals surface area contributed by atoms with Crippen molar-refractivity contribution in [3.8, 4) is 0 Å². The van der Waals surface area contributed by atoms with Gasteiger partial charge in [0.15, 0.2) is 0 Å². The maximum atomic E-state index is 12.2. The van der Waals surface area contributed by atoms with Gasteiger partial charge in [0.25, 0.3) is 0 Å². The van der Waals surface area contributed by atoms with Gasteiger partial charge in [-0.15, -0.1) is 9.89 Å². The molecule has 0 saturated carbocycles. The molecule has 0 amide bonds. The number of rotatable bonds is 7. The number of nitrogens with zero attached hydrogens (tertiary/aromatic N) is 7. The maximum Gasteiger partial charge on any atom is 0.449 e. The first kappa shape index (κ1) is 27.6. The number of fused-ring (bicyclic) bond motifs is 1. The van der Waals surface area contributed by atoms with E-state index in [4.69, 9.17) is 0 Å². The average molecular weight is 565 g/mol. The van der Waals surface area contributed by atoms with Crippen molar-refractivity contribution in [3.05, 3.63) is 24.3 Å². The predicted octanol–water partition coefficient (Wildman–Crippen LogP) is 4.63. The predicted molar refractivity (Wildman–Crippen MR) is 127 cm³/mol. The number of halogens is 6. The van der Waals surface area contributed by atoms with Gasteiger partial charge in [0.1, 0.15) is 11.0 Å². The summed E-state index contributed by atoms with van der Waals surface area (Å²) in [7, 11) is -13.7. The van der Waals surface area contributed by atoms with Crippen LogP contribution < -0.4 is 15.3 Å². The van der Waals surface area contributed by atoms with E-state index < -0.39 is 15.8 Å². The Balaban J connectivity index is 0.000000384. The molecule has 3 fully saturated rings. The molecule has 0 unspecified atom stereocenters. The standard InChI is InChI=1S/C18H31N9OP.F6P/c28-29(21-23-11-3-4-12-23,22-24-13-5-6-14-24)27(25-15-7-8-16-25)26-18-10-2-1-9-17(18)19-20-26;1-7(2,3,4,5)6/h1-2,9-10,21-22,28H,3-8,11-16H2;/q+1;-1. The van der Waals surface area contributed by atoms with E-state index in [0.717, 1.165) is 88.8 Å². The smallest absolute Gasteiger partial charge is 0.207 e. The number of hydrazine groups is 3. The summed E-state index contributed by atoms with van der Waals surface area (Å²) in [5.41, 5.74) is 1.72. The first-order valence-corrected chi connectivity index (χ1v) is 15.5. The largest absolute Gasteiger partial charge is 0.449 e. The SMILES string of the molecule is F[P-](F)(F)(F)(F)F.O[P+](NN1CCCC1)(NN1CCCC1)N(N1CCCC1)n1nnc2ccccc21. The van der Waals surface area contributed by atoms with Crippen LogP contribution in [0.4, 0.5) is 25.2 Å². The van der Waals surface area contributed by atoms with Crippen LogP contribution in [0, 0.1) is 0 Å². The van der Waals surface area contributed by atoms with Crippen molar-refractivity contribution in [3.63, 3.8) is 0 Å². The topological polar surface area (TPSA) is 88.0 Å². The fourth-order valence-corrected chi connectivity index (χ4v) is 6.74. The van der Waals surface area contributed by atoms with Crippen LogP contribution in [-0.2, 0) is 0 Å². The molecule has 0 spiro atoms. The summed E-state index contributed by atoms with van der Waals surface area (Å²) >= 11 is 0. The Labute approximate surface area is 204 Å². The second-order valence-corrected chi connectivity index (χ2v) is 12.9. The van der Waals surface area contributed by atoms with Crippen LogP contribution in [-0.4, -0.2) is 74.3 Å². The number of nitrogens with one attached hydrogen (secondary N) is 2. The molecule has 18 heteroatoms. The van der Waals surface area contributed by atoms with Gasteiger partial charge in [-0.25, -0.2) is 10.0 Å². The molecule has 206 valence electrons. The van der Waals surface area contributed by atoms with Crippen LogP contribution in [0.3, 0.4) is 0 Å². The molecule has 3 aliphatic heterocycles. The Hall–Kier alpha value is -1.38. The van der Waals surface area contributed by atoms with Gasteiger partial charge in [-0.1, -0.05) is 22.5 Å². The average Bonchev–Trinajstić information content (AvgIpc) is 3.55. The van der Waals surface area contributed by atoms with Gasteiger partial charge in [-0.05, 0) is 60.8 Å². The molecule has 3 aliphatic rings. The first-order valence-electron chi connectivity index (χ1n) is 11.8. The zero-order valence-electron chi connectivity index (χ0n) is 19.5.